The van der Waals surface area contributed by atoms with Crippen molar-refractivity contribution in [3.63, 3.8) is 0 Å². The third-order valence-electron chi connectivity index (χ3n) is 5.60. The molecule has 2 saturated heterocycles. The largest absolute Gasteiger partial charge is 0.368 e. The molecule has 2 aliphatic heterocycles. The first-order valence-corrected chi connectivity index (χ1v) is 9.40. The molecule has 0 aromatic heterocycles. The smallest absolute Gasteiger partial charge is 0.222 e. The number of hydrogen-bond acceptors (Lipinski definition) is 3. The van der Waals surface area contributed by atoms with Crippen LogP contribution in [-0.2, 0) is 4.79 Å². The molecule has 3 rings (SSSR count). The first-order valence-electron chi connectivity index (χ1n) is 9.40. The molecule has 0 spiro atoms. The zero-order valence-corrected chi connectivity index (χ0v) is 15.2. The van der Waals surface area contributed by atoms with Gasteiger partial charge in [0.1, 0.15) is 0 Å². The Morgan fingerprint density at radius 3 is 2.46 bits per heavy atom. The van der Waals surface area contributed by atoms with Gasteiger partial charge in [-0.1, -0.05) is 12.1 Å². The first-order chi connectivity index (χ1) is 11.6. The number of carbonyl (C=O) groups excluding carboxylic acids is 1. The van der Waals surface area contributed by atoms with Crippen LogP contribution >= 0.6 is 0 Å². The average molecular weight is 329 g/mol. The van der Waals surface area contributed by atoms with Gasteiger partial charge < -0.3 is 14.7 Å². The SMILES string of the molecule is Cc1cccc(N2CCN(C(=O)CCC3CCN(C)CC3)CC2)c1. The van der Waals surface area contributed by atoms with E-state index in [1.54, 1.807) is 0 Å². The Bertz CT molecular complexity index is 544. The summed E-state index contributed by atoms with van der Waals surface area (Å²) in [5.74, 6) is 1.11. The standard InChI is InChI=1S/C20H31N3O/c1-17-4-3-5-19(16-17)22-12-14-23(15-13-22)20(24)7-6-18-8-10-21(2)11-9-18/h3-5,16,18H,6-15H2,1-2H3. The molecule has 0 atom stereocenters. The zero-order chi connectivity index (χ0) is 16.9. The molecule has 4 heteroatoms. The summed E-state index contributed by atoms with van der Waals surface area (Å²) >= 11 is 0. The van der Waals surface area contributed by atoms with Crippen LogP contribution in [-0.4, -0.2) is 62.0 Å². The predicted molar refractivity (Wildman–Crippen MR) is 99.4 cm³/mol. The lowest BCUT2D eigenvalue weighted by atomic mass is 9.92. The Morgan fingerprint density at radius 2 is 1.79 bits per heavy atom. The van der Waals surface area contributed by atoms with E-state index >= 15 is 0 Å². The lowest BCUT2D eigenvalue weighted by Crippen LogP contribution is -2.48. The van der Waals surface area contributed by atoms with Gasteiger partial charge in [0.25, 0.3) is 0 Å². The normalized spacial score (nSPS) is 20.4. The Labute approximate surface area is 146 Å². The maximum absolute atomic E-state index is 12.5. The van der Waals surface area contributed by atoms with Gasteiger partial charge in [0.2, 0.25) is 5.91 Å². The van der Waals surface area contributed by atoms with Gasteiger partial charge in [-0.05, 0) is 69.9 Å². The fourth-order valence-corrected chi connectivity index (χ4v) is 3.88. The molecule has 2 heterocycles. The summed E-state index contributed by atoms with van der Waals surface area (Å²) < 4.78 is 0. The van der Waals surface area contributed by atoms with E-state index in [0.717, 1.165) is 44.9 Å². The molecule has 24 heavy (non-hydrogen) atoms. The molecule has 4 nitrogen and oxygen atoms in total. The molecule has 2 aliphatic rings. The maximum atomic E-state index is 12.5. The number of anilines is 1. The van der Waals surface area contributed by atoms with Crippen molar-refractivity contribution in [2.24, 2.45) is 5.92 Å². The van der Waals surface area contributed by atoms with Crippen molar-refractivity contribution in [3.05, 3.63) is 29.8 Å². The van der Waals surface area contributed by atoms with Crippen LogP contribution in [0.2, 0.25) is 0 Å². The van der Waals surface area contributed by atoms with Crippen LogP contribution in [0.5, 0.6) is 0 Å². The molecule has 0 radical (unpaired) electrons. The molecule has 0 bridgehead atoms. The summed E-state index contributed by atoms with van der Waals surface area (Å²) in [4.78, 5) is 19.4. The topological polar surface area (TPSA) is 26.8 Å². The molecule has 0 aliphatic carbocycles. The van der Waals surface area contributed by atoms with Crippen LogP contribution in [0.15, 0.2) is 24.3 Å². The van der Waals surface area contributed by atoms with E-state index in [2.05, 4.69) is 52.9 Å². The Hall–Kier alpha value is -1.55. The lowest BCUT2D eigenvalue weighted by molar-refractivity contribution is -0.131. The molecule has 0 saturated carbocycles. The quantitative estimate of drug-likeness (QED) is 0.850. The van der Waals surface area contributed by atoms with Gasteiger partial charge in [0, 0.05) is 38.3 Å². The number of likely N-dealkylation sites (tertiary alicyclic amines) is 1. The van der Waals surface area contributed by atoms with E-state index in [4.69, 9.17) is 0 Å². The highest BCUT2D eigenvalue weighted by Gasteiger charge is 2.23. The minimum atomic E-state index is 0.359. The number of piperidine rings is 1. The monoisotopic (exact) mass is 329 g/mol. The van der Waals surface area contributed by atoms with Gasteiger partial charge in [-0.15, -0.1) is 0 Å². The number of rotatable bonds is 4. The highest BCUT2D eigenvalue weighted by molar-refractivity contribution is 5.76. The number of aryl methyl sites for hydroxylation is 1. The molecular formula is C20H31N3O. The van der Waals surface area contributed by atoms with E-state index in [1.165, 1.54) is 37.2 Å². The fraction of sp³-hybridized carbons (Fsp3) is 0.650. The van der Waals surface area contributed by atoms with Crippen molar-refractivity contribution < 1.29 is 4.79 Å². The Kier molecular flexibility index (Phi) is 5.77. The second-order valence-electron chi connectivity index (χ2n) is 7.49. The van der Waals surface area contributed by atoms with Crippen molar-refractivity contribution >= 4 is 11.6 Å². The second-order valence-corrected chi connectivity index (χ2v) is 7.49. The lowest BCUT2D eigenvalue weighted by Gasteiger charge is -2.36. The first kappa shape index (κ1) is 17.3. The number of nitrogens with zero attached hydrogens (tertiary/aromatic N) is 3. The minimum absolute atomic E-state index is 0.359. The molecule has 1 amide bonds. The number of piperazine rings is 1. The van der Waals surface area contributed by atoms with Crippen molar-refractivity contribution in [3.8, 4) is 0 Å². The highest BCUT2D eigenvalue weighted by atomic mass is 16.2. The zero-order valence-electron chi connectivity index (χ0n) is 15.2. The summed E-state index contributed by atoms with van der Waals surface area (Å²) in [6.45, 7) is 8.13. The van der Waals surface area contributed by atoms with Crippen molar-refractivity contribution in [1.29, 1.82) is 0 Å². The number of amides is 1. The Morgan fingerprint density at radius 1 is 1.08 bits per heavy atom. The molecule has 1 aromatic carbocycles. The van der Waals surface area contributed by atoms with Crippen LogP contribution < -0.4 is 4.90 Å². The highest BCUT2D eigenvalue weighted by Crippen LogP contribution is 2.22. The molecule has 132 valence electrons. The Balaban J connectivity index is 1.42. The van der Waals surface area contributed by atoms with Gasteiger partial charge in [-0.3, -0.25) is 4.79 Å². The summed E-state index contributed by atoms with van der Waals surface area (Å²) in [6, 6.07) is 8.65. The van der Waals surface area contributed by atoms with Gasteiger partial charge in [-0.25, -0.2) is 0 Å². The summed E-state index contributed by atoms with van der Waals surface area (Å²) in [5, 5.41) is 0. The van der Waals surface area contributed by atoms with Gasteiger partial charge in [-0.2, -0.15) is 0 Å². The molecule has 0 N–H and O–H groups in total. The van der Waals surface area contributed by atoms with E-state index in [1.807, 2.05) is 0 Å². The fourth-order valence-electron chi connectivity index (χ4n) is 3.88. The van der Waals surface area contributed by atoms with E-state index in [-0.39, 0.29) is 0 Å². The van der Waals surface area contributed by atoms with Crippen LogP contribution in [0.3, 0.4) is 0 Å². The van der Waals surface area contributed by atoms with Crippen molar-refractivity contribution in [1.82, 2.24) is 9.80 Å². The van der Waals surface area contributed by atoms with Crippen LogP contribution in [0, 0.1) is 12.8 Å². The third kappa shape index (κ3) is 4.50. The third-order valence-corrected chi connectivity index (χ3v) is 5.60. The predicted octanol–water partition coefficient (Wildman–Crippen LogP) is 2.77. The summed E-state index contributed by atoms with van der Waals surface area (Å²) in [7, 11) is 2.19. The average Bonchev–Trinajstić information content (AvgIpc) is 2.61. The molecule has 2 fully saturated rings. The van der Waals surface area contributed by atoms with E-state index in [9.17, 15) is 4.79 Å². The summed E-state index contributed by atoms with van der Waals surface area (Å²) in [6.07, 6.45) is 4.32. The van der Waals surface area contributed by atoms with Crippen molar-refractivity contribution in [2.75, 3.05) is 51.2 Å². The molecular weight excluding hydrogens is 298 g/mol. The van der Waals surface area contributed by atoms with E-state index < -0.39 is 0 Å². The molecule has 0 unspecified atom stereocenters. The van der Waals surface area contributed by atoms with E-state index in [0.29, 0.717) is 5.91 Å². The van der Waals surface area contributed by atoms with Gasteiger partial charge >= 0.3 is 0 Å². The van der Waals surface area contributed by atoms with Gasteiger partial charge in [0.05, 0.1) is 0 Å². The number of benzene rings is 1. The minimum Gasteiger partial charge on any atom is -0.368 e. The van der Waals surface area contributed by atoms with Gasteiger partial charge in [0.15, 0.2) is 0 Å². The second kappa shape index (κ2) is 8.02. The van der Waals surface area contributed by atoms with Crippen LogP contribution in [0.1, 0.15) is 31.2 Å². The summed E-state index contributed by atoms with van der Waals surface area (Å²) in [5.41, 5.74) is 2.58. The van der Waals surface area contributed by atoms with Crippen LogP contribution in [0.4, 0.5) is 5.69 Å². The number of carbonyl (C=O) groups is 1. The molecule has 1 aromatic rings. The van der Waals surface area contributed by atoms with Crippen LogP contribution in [0.25, 0.3) is 0 Å². The maximum Gasteiger partial charge on any atom is 0.222 e. The number of hydrogen-bond donors (Lipinski definition) is 0. The van der Waals surface area contributed by atoms with Crippen molar-refractivity contribution in [2.45, 2.75) is 32.6 Å².